The second-order valence-corrected chi connectivity index (χ2v) is 15.6. The average molecular weight is 282 g/mol. The van der Waals surface area contributed by atoms with Crippen LogP contribution in [-0.2, 0) is 0 Å². The summed E-state index contributed by atoms with van der Waals surface area (Å²) in [7, 11) is 0.590. The average Bonchev–Trinajstić information content (AvgIpc) is 2.77. The summed E-state index contributed by atoms with van der Waals surface area (Å²) >= 11 is 0. The Morgan fingerprint density at radius 3 is 2.00 bits per heavy atom. The molecular formula is C16H28P2. The minimum Gasteiger partial charge on any atom is -0.0799 e. The first-order chi connectivity index (χ1) is 8.04. The van der Waals surface area contributed by atoms with Crippen molar-refractivity contribution in [2.75, 3.05) is 0 Å². The Balaban J connectivity index is 2.13. The van der Waals surface area contributed by atoms with Crippen LogP contribution in [0.1, 0.15) is 55.4 Å². The molecule has 0 radical (unpaired) electrons. The standard InChI is InChI=1S/C16H28P2/c1-10-9-12-11(2)17-16(10,15(6,7)8)18(17)13(12)14(3,4)5/h9,11-13H,1-8H3. The van der Waals surface area contributed by atoms with Gasteiger partial charge in [-0.05, 0) is 35.0 Å². The molecule has 18 heavy (non-hydrogen) atoms. The molecule has 102 valence electrons. The van der Waals surface area contributed by atoms with Crippen molar-refractivity contribution < 1.29 is 0 Å². The molecule has 6 unspecified atom stereocenters. The van der Waals surface area contributed by atoms with Gasteiger partial charge in [-0.1, -0.05) is 75.3 Å². The Hall–Kier alpha value is 0.600. The Morgan fingerprint density at radius 2 is 1.61 bits per heavy atom. The van der Waals surface area contributed by atoms with Crippen molar-refractivity contribution in [3.05, 3.63) is 11.6 Å². The SMILES string of the molecule is CC1=CC2C(C)P3P(C2C(C)(C)C)C13C(C)(C)C. The van der Waals surface area contributed by atoms with Crippen LogP contribution in [0.2, 0.25) is 0 Å². The highest BCUT2D eigenvalue weighted by molar-refractivity contribution is 8.49. The van der Waals surface area contributed by atoms with E-state index in [9.17, 15) is 0 Å². The lowest BCUT2D eigenvalue weighted by Crippen LogP contribution is -2.43. The summed E-state index contributed by atoms with van der Waals surface area (Å²) in [5.74, 6) is 0.909. The summed E-state index contributed by atoms with van der Waals surface area (Å²) in [5.41, 5.74) is 4.76. The van der Waals surface area contributed by atoms with Gasteiger partial charge in [0.15, 0.2) is 0 Å². The van der Waals surface area contributed by atoms with E-state index in [4.69, 9.17) is 0 Å². The highest BCUT2D eigenvalue weighted by Gasteiger charge is 2.81. The van der Waals surface area contributed by atoms with Crippen LogP contribution in [0.25, 0.3) is 0 Å². The fourth-order valence-corrected chi connectivity index (χ4v) is 21.5. The molecule has 4 aliphatic heterocycles. The topological polar surface area (TPSA) is 0 Å². The van der Waals surface area contributed by atoms with Gasteiger partial charge in [0.1, 0.15) is 0 Å². The molecule has 0 aliphatic carbocycles. The summed E-state index contributed by atoms with van der Waals surface area (Å²) in [4.78, 5) is 0.657. The molecule has 2 saturated heterocycles. The maximum atomic E-state index is 2.69. The highest BCUT2D eigenvalue weighted by Crippen LogP contribution is 3.15. The predicted molar refractivity (Wildman–Crippen MR) is 86.0 cm³/mol. The first-order valence-electron chi connectivity index (χ1n) is 7.32. The molecular weight excluding hydrogens is 254 g/mol. The molecule has 6 atom stereocenters. The summed E-state index contributed by atoms with van der Waals surface area (Å²) in [6.45, 7) is 20.0. The molecule has 4 aliphatic rings. The van der Waals surface area contributed by atoms with Gasteiger partial charge in [-0.3, -0.25) is 0 Å². The van der Waals surface area contributed by atoms with E-state index in [-0.39, 0.29) is 7.61 Å². The van der Waals surface area contributed by atoms with Crippen molar-refractivity contribution in [1.29, 1.82) is 0 Å². The van der Waals surface area contributed by atoms with E-state index in [0.29, 0.717) is 23.3 Å². The Morgan fingerprint density at radius 1 is 1.06 bits per heavy atom. The first kappa shape index (κ1) is 13.6. The zero-order valence-corrected chi connectivity index (χ0v) is 15.0. The summed E-state index contributed by atoms with van der Waals surface area (Å²) in [5, 5.41) is 0. The molecule has 4 bridgehead atoms. The van der Waals surface area contributed by atoms with Crippen LogP contribution in [0, 0.1) is 16.7 Å². The van der Waals surface area contributed by atoms with Crippen molar-refractivity contribution >= 4 is 15.2 Å². The molecule has 0 amide bonds. The van der Waals surface area contributed by atoms with Crippen LogP contribution in [0.4, 0.5) is 0 Å². The fourth-order valence-electron chi connectivity index (χ4n) is 4.89. The number of hydrogen-bond donors (Lipinski definition) is 0. The molecule has 0 aromatic rings. The van der Waals surface area contributed by atoms with Crippen LogP contribution in [0.5, 0.6) is 0 Å². The molecule has 4 rings (SSSR count). The van der Waals surface area contributed by atoms with Crippen molar-refractivity contribution in [2.45, 2.75) is 71.6 Å². The third-order valence-electron chi connectivity index (χ3n) is 5.35. The van der Waals surface area contributed by atoms with Gasteiger partial charge in [0.05, 0.1) is 0 Å². The molecule has 2 heteroatoms. The number of allylic oxidation sites excluding steroid dienone is 2. The molecule has 0 aromatic carbocycles. The molecule has 4 heterocycles. The van der Waals surface area contributed by atoms with Crippen molar-refractivity contribution in [1.82, 2.24) is 0 Å². The van der Waals surface area contributed by atoms with Crippen LogP contribution < -0.4 is 0 Å². The van der Waals surface area contributed by atoms with Gasteiger partial charge in [-0.2, -0.15) is 0 Å². The van der Waals surface area contributed by atoms with E-state index in [1.165, 1.54) is 0 Å². The minimum atomic E-state index is 0.282. The normalized spacial score (nSPS) is 50.2. The molecule has 0 spiro atoms. The molecule has 0 nitrogen and oxygen atoms in total. The quantitative estimate of drug-likeness (QED) is 0.377. The lowest BCUT2D eigenvalue weighted by atomic mass is 9.78. The maximum absolute atomic E-state index is 2.69. The lowest BCUT2D eigenvalue weighted by molar-refractivity contribution is 0.312. The van der Waals surface area contributed by atoms with Crippen LogP contribution in [-0.4, -0.2) is 16.2 Å². The van der Waals surface area contributed by atoms with Crippen molar-refractivity contribution in [3.8, 4) is 0 Å². The van der Waals surface area contributed by atoms with Crippen molar-refractivity contribution in [3.63, 3.8) is 0 Å². The van der Waals surface area contributed by atoms with Gasteiger partial charge in [0, 0.05) is 4.90 Å². The molecule has 2 fully saturated rings. The third kappa shape index (κ3) is 1.31. The zero-order chi connectivity index (χ0) is 13.7. The van der Waals surface area contributed by atoms with E-state index in [1.54, 1.807) is 5.57 Å². The first-order valence-corrected chi connectivity index (χ1v) is 10.8. The summed E-state index contributed by atoms with van der Waals surface area (Å²) in [6, 6.07) is 0. The minimum absolute atomic E-state index is 0.282. The monoisotopic (exact) mass is 282 g/mol. The van der Waals surface area contributed by atoms with Gasteiger partial charge >= 0.3 is 0 Å². The van der Waals surface area contributed by atoms with Crippen LogP contribution in [0.15, 0.2) is 11.6 Å². The lowest BCUT2D eigenvalue weighted by Gasteiger charge is -2.47. The van der Waals surface area contributed by atoms with E-state index in [1.807, 2.05) is 0 Å². The molecule has 0 saturated carbocycles. The Kier molecular flexibility index (Phi) is 2.59. The molecule has 0 N–H and O–H groups in total. The summed E-state index contributed by atoms with van der Waals surface area (Å²) in [6.07, 6.45) is 2.69. The Labute approximate surface area is 115 Å². The van der Waals surface area contributed by atoms with E-state index >= 15 is 0 Å². The van der Waals surface area contributed by atoms with Gasteiger partial charge < -0.3 is 0 Å². The fraction of sp³-hybridized carbons (Fsp3) is 0.875. The van der Waals surface area contributed by atoms with Crippen molar-refractivity contribution in [2.24, 2.45) is 16.7 Å². The van der Waals surface area contributed by atoms with Gasteiger partial charge in [0.2, 0.25) is 0 Å². The second-order valence-electron chi connectivity index (χ2n) is 8.59. The maximum Gasteiger partial charge on any atom is 0.0442 e. The summed E-state index contributed by atoms with van der Waals surface area (Å²) < 4.78 is 0. The van der Waals surface area contributed by atoms with E-state index in [2.05, 4.69) is 61.5 Å². The second kappa shape index (κ2) is 3.43. The van der Waals surface area contributed by atoms with E-state index < -0.39 is 0 Å². The zero-order valence-electron chi connectivity index (χ0n) is 13.2. The Bertz CT molecular complexity index is 423. The van der Waals surface area contributed by atoms with Crippen LogP contribution in [0.3, 0.4) is 0 Å². The highest BCUT2D eigenvalue weighted by atomic mass is 32.1. The van der Waals surface area contributed by atoms with Gasteiger partial charge in [0.25, 0.3) is 0 Å². The molecule has 0 aromatic heterocycles. The number of hydrogen-bond acceptors (Lipinski definition) is 0. The third-order valence-corrected chi connectivity index (χ3v) is 17.3. The van der Waals surface area contributed by atoms with Crippen LogP contribution >= 0.6 is 15.2 Å². The van der Waals surface area contributed by atoms with E-state index in [0.717, 1.165) is 17.2 Å². The number of rotatable bonds is 0. The smallest absolute Gasteiger partial charge is 0.0442 e. The van der Waals surface area contributed by atoms with Gasteiger partial charge in [-0.25, -0.2) is 0 Å². The predicted octanol–water partition coefficient (Wildman–Crippen LogP) is 6.01. The largest absolute Gasteiger partial charge is 0.0799 e. The van der Waals surface area contributed by atoms with Gasteiger partial charge in [-0.15, -0.1) is 0 Å².